The lowest BCUT2D eigenvalue weighted by atomic mass is 10.2. The Labute approximate surface area is 184 Å². The average Bonchev–Trinajstić information content (AvgIpc) is 3.29. The maximum absolute atomic E-state index is 12.8. The Hall–Kier alpha value is -2.65. The van der Waals surface area contributed by atoms with E-state index in [1.54, 1.807) is 41.3 Å². The minimum Gasteiger partial charge on any atom is -0.457 e. The molecule has 0 spiro atoms. The van der Waals surface area contributed by atoms with Crippen molar-refractivity contribution in [3.63, 3.8) is 0 Å². The molecule has 1 amide bonds. The molecule has 30 heavy (non-hydrogen) atoms. The first-order valence-electron chi connectivity index (χ1n) is 8.96. The highest BCUT2D eigenvalue weighted by Gasteiger charge is 2.32. The number of nitrogens with zero attached hydrogens (tertiary/aromatic N) is 1. The van der Waals surface area contributed by atoms with Crippen LogP contribution in [-0.4, -0.2) is 25.2 Å². The number of furan rings is 1. The van der Waals surface area contributed by atoms with Gasteiger partial charge in [-0.25, -0.2) is 4.21 Å². The van der Waals surface area contributed by atoms with Gasteiger partial charge in [0.2, 0.25) is 0 Å². The fraction of sp³-hybridized carbons (Fsp3) is 0.0455. The van der Waals surface area contributed by atoms with Crippen molar-refractivity contribution < 1.29 is 13.4 Å². The summed E-state index contributed by atoms with van der Waals surface area (Å²) in [6, 6.07) is 20.2. The zero-order valence-electron chi connectivity index (χ0n) is 15.8. The molecule has 0 aliphatic carbocycles. The van der Waals surface area contributed by atoms with Gasteiger partial charge in [-0.1, -0.05) is 66.4 Å². The van der Waals surface area contributed by atoms with E-state index >= 15 is 0 Å². The Kier molecular flexibility index (Phi) is 5.66. The third-order valence-corrected chi connectivity index (χ3v) is 6.94. The molecule has 0 bridgehead atoms. The normalized spacial score (nSPS) is 17.5. The molecule has 1 fully saturated rings. The average molecular weight is 455 g/mol. The third kappa shape index (κ3) is 4.41. The topological polar surface area (TPSA) is 76.5 Å². The lowest BCUT2D eigenvalue weighted by molar-refractivity contribution is -0.122. The molecular formula is C22H18N2O3S3. The van der Waals surface area contributed by atoms with E-state index in [4.69, 9.17) is 21.8 Å². The molecule has 1 unspecified atom stereocenters. The first-order chi connectivity index (χ1) is 14.3. The first-order valence-corrected chi connectivity index (χ1v) is 12.0. The number of rotatable bonds is 5. The van der Waals surface area contributed by atoms with Crippen molar-refractivity contribution in [3.05, 3.63) is 83.0 Å². The second-order valence-corrected chi connectivity index (χ2v) is 10.3. The van der Waals surface area contributed by atoms with Crippen molar-refractivity contribution >= 4 is 55.9 Å². The molecule has 2 N–H and O–H groups in total. The van der Waals surface area contributed by atoms with E-state index in [1.807, 2.05) is 36.4 Å². The largest absolute Gasteiger partial charge is 0.457 e. The third-order valence-electron chi connectivity index (χ3n) is 4.50. The Balaban J connectivity index is 1.53. The number of hydrogen-bond donors (Lipinski definition) is 1. The molecule has 152 valence electrons. The maximum Gasteiger partial charge on any atom is 0.266 e. The van der Waals surface area contributed by atoms with Gasteiger partial charge in [0.1, 0.15) is 15.8 Å². The van der Waals surface area contributed by atoms with Crippen LogP contribution in [-0.2, 0) is 21.0 Å². The lowest BCUT2D eigenvalue weighted by Gasteiger charge is -2.14. The number of nitrogens with two attached hydrogens (primary N) is 1. The van der Waals surface area contributed by atoms with Crippen molar-refractivity contribution in [1.82, 2.24) is 4.90 Å². The summed E-state index contributed by atoms with van der Waals surface area (Å²) in [5, 5.41) is 5.56. The van der Waals surface area contributed by atoms with Crippen LogP contribution in [0.5, 0.6) is 0 Å². The standard InChI is InChI=1S/C22H18N2O3S3/c1-30(23,26)18-10-7-16(8-11-18)19-12-9-17(27-19)13-20-21(25)24(22(28)29-20)14-15-5-3-2-4-6-15/h2-13H,1,14H2,(H2,23,26)/b20-13+. The lowest BCUT2D eigenvalue weighted by Crippen LogP contribution is -2.27. The van der Waals surface area contributed by atoms with Crippen molar-refractivity contribution in [2.24, 2.45) is 5.14 Å². The second kappa shape index (κ2) is 8.23. The van der Waals surface area contributed by atoms with Crippen LogP contribution in [0.1, 0.15) is 11.3 Å². The molecule has 0 saturated carbocycles. The van der Waals surface area contributed by atoms with Crippen molar-refractivity contribution in [3.8, 4) is 11.3 Å². The van der Waals surface area contributed by atoms with Crippen LogP contribution in [0.25, 0.3) is 17.4 Å². The van der Waals surface area contributed by atoms with Gasteiger partial charge in [-0.15, -0.1) is 0 Å². The molecule has 2 aromatic carbocycles. The van der Waals surface area contributed by atoms with Crippen molar-refractivity contribution in [2.45, 2.75) is 11.4 Å². The number of carbonyl (C=O) groups excluding carboxylic acids is 1. The molecule has 3 aromatic rings. The Morgan fingerprint density at radius 2 is 1.80 bits per heavy atom. The van der Waals surface area contributed by atoms with Gasteiger partial charge in [-0.05, 0) is 35.7 Å². The predicted octanol–water partition coefficient (Wildman–Crippen LogP) is 4.30. The van der Waals surface area contributed by atoms with Gasteiger partial charge in [-0.2, -0.15) is 0 Å². The first kappa shape index (κ1) is 20.6. The summed E-state index contributed by atoms with van der Waals surface area (Å²) in [5.74, 6) is 4.52. The fourth-order valence-corrected chi connectivity index (χ4v) is 4.80. The summed E-state index contributed by atoms with van der Waals surface area (Å²) >= 11 is 6.65. The molecular weight excluding hydrogens is 436 g/mol. The van der Waals surface area contributed by atoms with Gasteiger partial charge in [-0.3, -0.25) is 14.8 Å². The molecule has 1 aliphatic heterocycles. The quantitative estimate of drug-likeness (QED) is 0.460. The SMILES string of the molecule is C=S(N)(=O)c1ccc(-c2ccc(/C=C3/SC(=S)N(Cc4ccccc4)C3=O)o2)cc1. The smallest absolute Gasteiger partial charge is 0.266 e. The molecule has 5 nitrogen and oxygen atoms in total. The molecule has 1 aliphatic rings. The molecule has 1 saturated heterocycles. The van der Waals surface area contributed by atoms with Crippen LogP contribution in [0.15, 0.2) is 80.9 Å². The fourth-order valence-electron chi connectivity index (χ4n) is 2.97. The highest BCUT2D eigenvalue weighted by Crippen LogP contribution is 2.34. The van der Waals surface area contributed by atoms with E-state index in [-0.39, 0.29) is 5.91 Å². The Morgan fingerprint density at radius 3 is 2.47 bits per heavy atom. The summed E-state index contributed by atoms with van der Waals surface area (Å²) in [6.45, 7) is 0.440. The van der Waals surface area contributed by atoms with Gasteiger partial charge in [0, 0.05) is 16.5 Å². The molecule has 1 aromatic heterocycles. The number of thiocarbonyl (C=S) groups is 1. The van der Waals surface area contributed by atoms with Crippen LogP contribution in [0, 0.1) is 0 Å². The van der Waals surface area contributed by atoms with E-state index < -0.39 is 9.71 Å². The zero-order valence-corrected chi connectivity index (χ0v) is 18.3. The number of carbonyl (C=O) groups is 1. The zero-order chi connectivity index (χ0) is 21.3. The van der Waals surface area contributed by atoms with E-state index in [9.17, 15) is 9.00 Å². The number of benzene rings is 2. The Bertz CT molecular complexity index is 1240. The summed E-state index contributed by atoms with van der Waals surface area (Å²) in [7, 11) is -2.75. The van der Waals surface area contributed by atoms with Gasteiger partial charge in [0.05, 0.1) is 21.2 Å². The minimum absolute atomic E-state index is 0.135. The second-order valence-electron chi connectivity index (χ2n) is 6.71. The van der Waals surface area contributed by atoms with E-state index in [0.29, 0.717) is 32.2 Å². The van der Waals surface area contributed by atoms with Gasteiger partial charge < -0.3 is 4.42 Å². The van der Waals surface area contributed by atoms with Gasteiger partial charge in [0.25, 0.3) is 5.91 Å². The number of thioether (sulfide) groups is 1. The molecule has 8 heteroatoms. The monoisotopic (exact) mass is 454 g/mol. The summed E-state index contributed by atoms with van der Waals surface area (Å²) in [6.07, 6.45) is 1.70. The maximum atomic E-state index is 12.8. The van der Waals surface area contributed by atoms with Crippen LogP contribution in [0.2, 0.25) is 0 Å². The molecule has 4 rings (SSSR count). The van der Waals surface area contributed by atoms with Crippen molar-refractivity contribution in [1.29, 1.82) is 0 Å². The number of amides is 1. The molecule has 2 heterocycles. The van der Waals surface area contributed by atoms with Crippen LogP contribution in [0.4, 0.5) is 0 Å². The summed E-state index contributed by atoms with van der Waals surface area (Å²) in [5.41, 5.74) is 1.82. The van der Waals surface area contributed by atoms with Gasteiger partial charge >= 0.3 is 0 Å². The molecule has 1 atom stereocenters. The van der Waals surface area contributed by atoms with Crippen LogP contribution < -0.4 is 5.14 Å². The number of hydrogen-bond acceptors (Lipinski definition) is 5. The van der Waals surface area contributed by atoms with E-state index in [2.05, 4.69) is 5.87 Å². The Morgan fingerprint density at radius 1 is 1.10 bits per heavy atom. The summed E-state index contributed by atoms with van der Waals surface area (Å²) in [4.78, 5) is 15.4. The van der Waals surface area contributed by atoms with Crippen molar-refractivity contribution in [2.75, 3.05) is 0 Å². The van der Waals surface area contributed by atoms with Crippen LogP contribution >= 0.6 is 24.0 Å². The summed E-state index contributed by atoms with van der Waals surface area (Å²) < 4.78 is 18.2. The van der Waals surface area contributed by atoms with E-state index in [1.165, 1.54) is 11.8 Å². The highest BCUT2D eigenvalue weighted by molar-refractivity contribution is 8.26. The van der Waals surface area contributed by atoms with Gasteiger partial charge in [0.15, 0.2) is 0 Å². The molecule has 0 radical (unpaired) electrons. The highest BCUT2D eigenvalue weighted by atomic mass is 32.2. The van der Waals surface area contributed by atoms with Crippen LogP contribution in [0.3, 0.4) is 0 Å². The minimum atomic E-state index is -2.75. The predicted molar refractivity (Wildman–Crippen MR) is 127 cm³/mol. The van der Waals surface area contributed by atoms with E-state index in [0.717, 1.165) is 11.1 Å².